The number of benzene rings is 2. The summed E-state index contributed by atoms with van der Waals surface area (Å²) in [4.78, 5) is 16.0. The molecule has 4 nitrogen and oxygen atoms in total. The van der Waals surface area contributed by atoms with E-state index in [0.29, 0.717) is 6.54 Å². The van der Waals surface area contributed by atoms with Crippen molar-refractivity contribution in [2.75, 3.05) is 18.6 Å². The Morgan fingerprint density at radius 1 is 1.07 bits per heavy atom. The van der Waals surface area contributed by atoms with Gasteiger partial charge in [0.05, 0.1) is 20.2 Å². The highest BCUT2D eigenvalue weighted by molar-refractivity contribution is 7.09. The topological polar surface area (TPSA) is 41.6 Å². The van der Waals surface area contributed by atoms with Gasteiger partial charge in [0.15, 0.2) is 0 Å². The summed E-state index contributed by atoms with van der Waals surface area (Å²) >= 11 is 1.65. The number of anilines is 1. The number of ether oxygens (including phenoxy) is 1. The van der Waals surface area contributed by atoms with Gasteiger partial charge in [0.1, 0.15) is 5.75 Å². The Bertz CT molecular complexity index is 833. The molecule has 0 radical (unpaired) electrons. The maximum Gasteiger partial charge on any atom is 0.241 e. The third kappa shape index (κ3) is 5.18. The fraction of sp³-hybridized carbons (Fsp3) is 0.227. The Hall–Kier alpha value is -2.63. The summed E-state index contributed by atoms with van der Waals surface area (Å²) < 4.78 is 5.23. The van der Waals surface area contributed by atoms with Gasteiger partial charge < -0.3 is 15.0 Å². The lowest BCUT2D eigenvalue weighted by Gasteiger charge is -2.24. The Morgan fingerprint density at radius 3 is 2.44 bits per heavy atom. The lowest BCUT2D eigenvalue weighted by atomic mass is 10.1. The monoisotopic (exact) mass is 380 g/mol. The molecule has 0 fully saturated rings. The summed E-state index contributed by atoms with van der Waals surface area (Å²) in [5.41, 5.74) is 2.03. The first kappa shape index (κ1) is 19.1. The van der Waals surface area contributed by atoms with Crippen LogP contribution in [0, 0.1) is 0 Å². The maximum absolute atomic E-state index is 13.0. The number of amides is 1. The maximum atomic E-state index is 13.0. The van der Waals surface area contributed by atoms with Crippen LogP contribution in [0.4, 0.5) is 5.69 Å². The van der Waals surface area contributed by atoms with E-state index in [2.05, 4.69) is 30.4 Å². The average molecular weight is 381 g/mol. The van der Waals surface area contributed by atoms with Crippen LogP contribution in [0.25, 0.3) is 0 Å². The molecule has 2 aromatic carbocycles. The minimum absolute atomic E-state index is 0.0383. The molecule has 3 rings (SSSR count). The van der Waals surface area contributed by atoms with Crippen molar-refractivity contribution in [2.45, 2.75) is 19.5 Å². The molecule has 0 aliphatic rings. The van der Waals surface area contributed by atoms with Crippen LogP contribution >= 0.6 is 11.3 Å². The van der Waals surface area contributed by atoms with E-state index in [-0.39, 0.29) is 18.5 Å². The summed E-state index contributed by atoms with van der Waals surface area (Å²) in [6.45, 7) is 2.90. The standard InChI is InChI=1S/C22H24N2O2S/c1-17(18-7-4-3-5-8-18)23-15-22(25)24(16-21-9-6-14-27-21)19-10-12-20(26-2)13-11-19/h3-14,17,23H,15-16H2,1-2H3/t17-/m0/s1. The fourth-order valence-electron chi connectivity index (χ4n) is 2.84. The Kier molecular flexibility index (Phi) is 6.63. The van der Waals surface area contributed by atoms with Crippen LogP contribution in [0.5, 0.6) is 5.75 Å². The van der Waals surface area contributed by atoms with Gasteiger partial charge in [0.2, 0.25) is 5.91 Å². The summed E-state index contributed by atoms with van der Waals surface area (Å²) in [5, 5.41) is 5.37. The summed E-state index contributed by atoms with van der Waals surface area (Å²) in [5.74, 6) is 0.814. The second-order valence-corrected chi connectivity index (χ2v) is 7.30. The highest BCUT2D eigenvalue weighted by Gasteiger charge is 2.18. The number of hydrogen-bond acceptors (Lipinski definition) is 4. The minimum atomic E-state index is 0.0383. The van der Waals surface area contributed by atoms with E-state index in [1.807, 2.05) is 58.8 Å². The summed E-state index contributed by atoms with van der Waals surface area (Å²) in [6, 6.07) is 21.9. The van der Waals surface area contributed by atoms with Gasteiger partial charge in [-0.1, -0.05) is 36.4 Å². The zero-order valence-electron chi connectivity index (χ0n) is 15.6. The largest absolute Gasteiger partial charge is 0.497 e. The van der Waals surface area contributed by atoms with Gasteiger partial charge in [-0.3, -0.25) is 4.79 Å². The number of thiophene rings is 1. The van der Waals surface area contributed by atoms with Crippen molar-refractivity contribution in [2.24, 2.45) is 0 Å². The van der Waals surface area contributed by atoms with Crippen molar-refractivity contribution in [3.05, 3.63) is 82.6 Å². The van der Waals surface area contributed by atoms with Crippen molar-refractivity contribution in [3.63, 3.8) is 0 Å². The molecule has 27 heavy (non-hydrogen) atoms. The molecule has 140 valence electrons. The van der Waals surface area contributed by atoms with Crippen molar-refractivity contribution in [1.82, 2.24) is 5.32 Å². The third-order valence-corrected chi connectivity index (χ3v) is 5.30. The molecular weight excluding hydrogens is 356 g/mol. The van der Waals surface area contributed by atoms with E-state index in [1.165, 1.54) is 5.56 Å². The van der Waals surface area contributed by atoms with Crippen LogP contribution in [-0.2, 0) is 11.3 Å². The van der Waals surface area contributed by atoms with Gasteiger partial charge in [-0.2, -0.15) is 0 Å². The molecule has 0 bridgehead atoms. The van der Waals surface area contributed by atoms with Gasteiger partial charge in [-0.25, -0.2) is 0 Å². The van der Waals surface area contributed by atoms with Crippen LogP contribution in [0.1, 0.15) is 23.4 Å². The fourth-order valence-corrected chi connectivity index (χ4v) is 3.53. The molecule has 5 heteroatoms. The second kappa shape index (κ2) is 9.35. The highest BCUT2D eigenvalue weighted by atomic mass is 32.1. The Balaban J connectivity index is 1.71. The second-order valence-electron chi connectivity index (χ2n) is 6.27. The van der Waals surface area contributed by atoms with E-state index in [4.69, 9.17) is 4.74 Å². The molecule has 3 aromatic rings. The first-order valence-corrected chi connectivity index (χ1v) is 9.80. The number of carbonyl (C=O) groups excluding carboxylic acids is 1. The number of methoxy groups -OCH3 is 1. The molecule has 0 aliphatic carbocycles. The predicted octanol–water partition coefficient (Wildman–Crippen LogP) is 4.64. The molecule has 1 amide bonds. The van der Waals surface area contributed by atoms with Crippen LogP contribution < -0.4 is 15.0 Å². The first-order chi connectivity index (χ1) is 13.2. The summed E-state index contributed by atoms with van der Waals surface area (Å²) in [6.07, 6.45) is 0. The molecule has 1 atom stereocenters. The number of nitrogens with one attached hydrogen (secondary N) is 1. The third-order valence-electron chi connectivity index (χ3n) is 4.44. The number of nitrogens with zero attached hydrogens (tertiary/aromatic N) is 1. The minimum Gasteiger partial charge on any atom is -0.497 e. The average Bonchev–Trinajstić information content (AvgIpc) is 3.24. The predicted molar refractivity (Wildman–Crippen MR) is 111 cm³/mol. The lowest BCUT2D eigenvalue weighted by Crippen LogP contribution is -2.38. The van der Waals surface area contributed by atoms with E-state index in [9.17, 15) is 4.79 Å². The van der Waals surface area contributed by atoms with Crippen molar-refractivity contribution in [3.8, 4) is 5.75 Å². The van der Waals surface area contributed by atoms with Crippen molar-refractivity contribution < 1.29 is 9.53 Å². The van der Waals surface area contributed by atoms with Crippen LogP contribution in [0.3, 0.4) is 0 Å². The molecule has 0 saturated heterocycles. The van der Waals surface area contributed by atoms with Gasteiger partial charge in [-0.15, -0.1) is 11.3 Å². The SMILES string of the molecule is COc1ccc(N(Cc2cccs2)C(=O)CN[C@@H](C)c2ccccc2)cc1. The van der Waals surface area contributed by atoms with Crippen LogP contribution in [0.15, 0.2) is 72.1 Å². The molecule has 0 unspecified atom stereocenters. The zero-order valence-corrected chi connectivity index (χ0v) is 16.4. The molecule has 1 heterocycles. The number of rotatable bonds is 8. The van der Waals surface area contributed by atoms with E-state index < -0.39 is 0 Å². The van der Waals surface area contributed by atoms with Crippen LogP contribution in [-0.4, -0.2) is 19.6 Å². The van der Waals surface area contributed by atoms with E-state index in [0.717, 1.165) is 16.3 Å². The van der Waals surface area contributed by atoms with Crippen molar-refractivity contribution >= 4 is 22.9 Å². The molecule has 1 aromatic heterocycles. The zero-order chi connectivity index (χ0) is 19.1. The normalized spacial score (nSPS) is 11.8. The Morgan fingerprint density at radius 2 is 1.81 bits per heavy atom. The molecule has 0 saturated carbocycles. The Labute approximate surface area is 164 Å². The van der Waals surface area contributed by atoms with Gasteiger partial charge in [-0.05, 0) is 48.2 Å². The molecule has 0 spiro atoms. The molecular formula is C22H24N2O2S. The van der Waals surface area contributed by atoms with Crippen molar-refractivity contribution in [1.29, 1.82) is 0 Å². The summed E-state index contributed by atoms with van der Waals surface area (Å²) in [7, 11) is 1.64. The first-order valence-electron chi connectivity index (χ1n) is 8.92. The van der Waals surface area contributed by atoms with E-state index in [1.54, 1.807) is 18.4 Å². The smallest absolute Gasteiger partial charge is 0.241 e. The number of hydrogen-bond donors (Lipinski definition) is 1. The number of carbonyl (C=O) groups is 1. The van der Waals surface area contributed by atoms with E-state index >= 15 is 0 Å². The molecule has 0 aliphatic heterocycles. The van der Waals surface area contributed by atoms with Gasteiger partial charge in [0.25, 0.3) is 0 Å². The highest BCUT2D eigenvalue weighted by Crippen LogP contribution is 2.23. The lowest BCUT2D eigenvalue weighted by molar-refractivity contribution is -0.118. The van der Waals surface area contributed by atoms with Gasteiger partial charge in [0, 0.05) is 16.6 Å². The van der Waals surface area contributed by atoms with Gasteiger partial charge >= 0.3 is 0 Å². The van der Waals surface area contributed by atoms with Crippen LogP contribution in [0.2, 0.25) is 0 Å². The quantitative estimate of drug-likeness (QED) is 0.619. The molecule has 1 N–H and O–H groups in total.